The molecule has 6 nitrogen and oxygen atoms in total. The van der Waals surface area contributed by atoms with E-state index < -0.39 is 0 Å². The first kappa shape index (κ1) is 17.0. The molecule has 0 aromatic heterocycles. The van der Waals surface area contributed by atoms with Crippen molar-refractivity contribution in [2.24, 2.45) is 0 Å². The van der Waals surface area contributed by atoms with Gasteiger partial charge < -0.3 is 20.7 Å². The van der Waals surface area contributed by atoms with Gasteiger partial charge >= 0.3 is 0 Å². The van der Waals surface area contributed by atoms with E-state index in [0.29, 0.717) is 17.9 Å². The molecule has 0 fully saturated rings. The van der Waals surface area contributed by atoms with Gasteiger partial charge in [-0.05, 0) is 37.2 Å². The van der Waals surface area contributed by atoms with E-state index in [1.165, 1.54) is 0 Å². The highest BCUT2D eigenvalue weighted by Gasteiger charge is 2.07. The van der Waals surface area contributed by atoms with E-state index in [-0.39, 0.29) is 18.4 Å². The molecule has 0 radical (unpaired) electrons. The van der Waals surface area contributed by atoms with E-state index in [4.69, 9.17) is 4.74 Å². The Hall–Kier alpha value is -2.08. The second-order valence-electron chi connectivity index (χ2n) is 4.51. The summed E-state index contributed by atoms with van der Waals surface area (Å²) >= 11 is 0. The van der Waals surface area contributed by atoms with Gasteiger partial charge in [0.1, 0.15) is 5.75 Å². The smallest absolute Gasteiger partial charge is 0.251 e. The van der Waals surface area contributed by atoms with Crippen LogP contribution in [0.3, 0.4) is 0 Å². The molecule has 6 heteroatoms. The third-order valence-electron chi connectivity index (χ3n) is 2.81. The minimum Gasteiger partial charge on any atom is -0.497 e. The summed E-state index contributed by atoms with van der Waals surface area (Å²) in [5.41, 5.74) is 0.494. The van der Waals surface area contributed by atoms with Gasteiger partial charge in [0.05, 0.1) is 13.7 Å². The predicted molar refractivity (Wildman–Crippen MR) is 81.5 cm³/mol. The number of hydrogen-bond acceptors (Lipinski definition) is 4. The summed E-state index contributed by atoms with van der Waals surface area (Å²) in [5, 5.41) is 8.48. The van der Waals surface area contributed by atoms with E-state index in [0.717, 1.165) is 19.5 Å². The summed E-state index contributed by atoms with van der Waals surface area (Å²) in [6.45, 7) is 4.27. The summed E-state index contributed by atoms with van der Waals surface area (Å²) in [7, 11) is 1.56. The highest BCUT2D eigenvalue weighted by molar-refractivity contribution is 5.96. The molecule has 1 rings (SSSR count). The maximum atomic E-state index is 11.8. The van der Waals surface area contributed by atoms with E-state index >= 15 is 0 Å². The van der Waals surface area contributed by atoms with Gasteiger partial charge in [0, 0.05) is 18.7 Å². The summed E-state index contributed by atoms with van der Waals surface area (Å²) in [6.07, 6.45) is 1.06. The van der Waals surface area contributed by atoms with E-state index in [1.807, 2.05) is 0 Å². The molecular weight excluding hydrogens is 270 g/mol. The van der Waals surface area contributed by atoms with Gasteiger partial charge in [-0.3, -0.25) is 9.59 Å². The van der Waals surface area contributed by atoms with E-state index in [2.05, 4.69) is 22.9 Å². The molecule has 0 atom stereocenters. The Labute approximate surface area is 125 Å². The SMILES string of the molecule is CCCNCCNC(=O)CNC(=O)c1ccc(OC)cc1. The lowest BCUT2D eigenvalue weighted by atomic mass is 10.2. The van der Waals surface area contributed by atoms with Crippen molar-refractivity contribution in [2.75, 3.05) is 33.3 Å². The Balaban J connectivity index is 2.23. The Morgan fingerprint density at radius 2 is 1.76 bits per heavy atom. The van der Waals surface area contributed by atoms with Gasteiger partial charge in [0.2, 0.25) is 5.91 Å². The average Bonchev–Trinajstić information content (AvgIpc) is 2.52. The maximum absolute atomic E-state index is 11.8. The van der Waals surface area contributed by atoms with Crippen LogP contribution in [0.4, 0.5) is 0 Å². The van der Waals surface area contributed by atoms with Crippen molar-refractivity contribution < 1.29 is 14.3 Å². The van der Waals surface area contributed by atoms with Gasteiger partial charge in [-0.2, -0.15) is 0 Å². The largest absolute Gasteiger partial charge is 0.497 e. The van der Waals surface area contributed by atoms with Crippen molar-refractivity contribution in [2.45, 2.75) is 13.3 Å². The van der Waals surface area contributed by atoms with Crippen molar-refractivity contribution in [3.63, 3.8) is 0 Å². The Bertz CT molecular complexity index is 446. The second kappa shape index (κ2) is 9.77. The normalized spacial score (nSPS) is 10.0. The molecule has 0 bridgehead atoms. The molecule has 116 valence electrons. The molecule has 0 heterocycles. The number of ether oxygens (including phenoxy) is 1. The van der Waals surface area contributed by atoms with Crippen LogP contribution in [-0.4, -0.2) is 45.1 Å². The molecule has 0 aliphatic heterocycles. The zero-order valence-electron chi connectivity index (χ0n) is 12.6. The number of carbonyl (C=O) groups is 2. The van der Waals surface area contributed by atoms with Crippen molar-refractivity contribution in [3.05, 3.63) is 29.8 Å². The lowest BCUT2D eigenvalue weighted by molar-refractivity contribution is -0.120. The number of amides is 2. The molecule has 0 spiro atoms. The van der Waals surface area contributed by atoms with Crippen LogP contribution in [0.15, 0.2) is 24.3 Å². The number of hydrogen-bond donors (Lipinski definition) is 3. The Morgan fingerprint density at radius 1 is 1.05 bits per heavy atom. The molecule has 21 heavy (non-hydrogen) atoms. The molecule has 0 saturated heterocycles. The molecule has 0 unspecified atom stereocenters. The summed E-state index contributed by atoms with van der Waals surface area (Å²) in [5.74, 6) is 0.205. The quantitative estimate of drug-likeness (QED) is 0.581. The molecule has 0 saturated carbocycles. The fourth-order valence-corrected chi connectivity index (χ4v) is 1.66. The lowest BCUT2D eigenvalue weighted by Crippen LogP contribution is -2.39. The van der Waals surface area contributed by atoms with Crippen LogP contribution in [0.2, 0.25) is 0 Å². The van der Waals surface area contributed by atoms with Crippen LogP contribution < -0.4 is 20.7 Å². The van der Waals surface area contributed by atoms with Crippen LogP contribution in [-0.2, 0) is 4.79 Å². The highest BCUT2D eigenvalue weighted by Crippen LogP contribution is 2.10. The first-order valence-corrected chi connectivity index (χ1v) is 7.07. The topological polar surface area (TPSA) is 79.5 Å². The van der Waals surface area contributed by atoms with Gasteiger partial charge in [-0.1, -0.05) is 6.92 Å². The van der Waals surface area contributed by atoms with Crippen molar-refractivity contribution in [1.82, 2.24) is 16.0 Å². The zero-order chi connectivity index (χ0) is 15.5. The summed E-state index contributed by atoms with van der Waals surface area (Å²) < 4.78 is 5.02. The van der Waals surface area contributed by atoms with Crippen LogP contribution >= 0.6 is 0 Å². The minimum atomic E-state index is -0.281. The van der Waals surface area contributed by atoms with Crippen molar-refractivity contribution in [1.29, 1.82) is 0 Å². The first-order valence-electron chi connectivity index (χ1n) is 7.07. The van der Waals surface area contributed by atoms with Crippen LogP contribution in [0.5, 0.6) is 5.75 Å². The van der Waals surface area contributed by atoms with Gasteiger partial charge in [0.15, 0.2) is 0 Å². The van der Waals surface area contributed by atoms with Crippen molar-refractivity contribution in [3.8, 4) is 5.75 Å². The number of carbonyl (C=O) groups excluding carboxylic acids is 2. The van der Waals surface area contributed by atoms with Crippen LogP contribution in [0.25, 0.3) is 0 Å². The van der Waals surface area contributed by atoms with E-state index in [1.54, 1.807) is 31.4 Å². The second-order valence-corrected chi connectivity index (χ2v) is 4.51. The fourth-order valence-electron chi connectivity index (χ4n) is 1.66. The zero-order valence-corrected chi connectivity index (χ0v) is 12.6. The van der Waals surface area contributed by atoms with Gasteiger partial charge in [-0.15, -0.1) is 0 Å². The average molecular weight is 293 g/mol. The predicted octanol–water partition coefficient (Wildman–Crippen LogP) is 0.541. The van der Waals surface area contributed by atoms with Crippen LogP contribution in [0.1, 0.15) is 23.7 Å². The summed E-state index contributed by atoms with van der Waals surface area (Å²) in [6, 6.07) is 6.71. The summed E-state index contributed by atoms with van der Waals surface area (Å²) in [4.78, 5) is 23.4. The minimum absolute atomic E-state index is 0.0291. The van der Waals surface area contributed by atoms with Gasteiger partial charge in [0.25, 0.3) is 5.91 Å². The molecule has 0 aliphatic rings. The molecule has 1 aromatic carbocycles. The van der Waals surface area contributed by atoms with Crippen LogP contribution in [0, 0.1) is 0 Å². The van der Waals surface area contributed by atoms with Gasteiger partial charge in [-0.25, -0.2) is 0 Å². The molecule has 3 N–H and O–H groups in total. The van der Waals surface area contributed by atoms with Crippen molar-refractivity contribution >= 4 is 11.8 Å². The number of methoxy groups -OCH3 is 1. The number of rotatable bonds is 9. The molecule has 0 aliphatic carbocycles. The highest BCUT2D eigenvalue weighted by atomic mass is 16.5. The third-order valence-corrected chi connectivity index (χ3v) is 2.81. The molecule has 1 aromatic rings. The monoisotopic (exact) mass is 293 g/mol. The van der Waals surface area contributed by atoms with E-state index in [9.17, 15) is 9.59 Å². The lowest BCUT2D eigenvalue weighted by Gasteiger charge is -2.08. The Kier molecular flexibility index (Phi) is 7.89. The third kappa shape index (κ3) is 6.76. The molecule has 2 amide bonds. The molecular formula is C15H23N3O3. The number of nitrogens with one attached hydrogen (secondary N) is 3. The maximum Gasteiger partial charge on any atom is 0.251 e. The number of benzene rings is 1. The Morgan fingerprint density at radius 3 is 2.38 bits per heavy atom. The first-order chi connectivity index (χ1) is 10.2. The standard InChI is InChI=1S/C15H23N3O3/c1-3-8-16-9-10-17-14(19)11-18-15(20)12-4-6-13(21-2)7-5-12/h4-7,16H,3,8-11H2,1-2H3,(H,17,19)(H,18,20). The fraction of sp³-hybridized carbons (Fsp3) is 0.467.